The van der Waals surface area contributed by atoms with Gasteiger partial charge in [-0.1, -0.05) is 23.9 Å². The molecule has 0 unspecified atom stereocenters. The molecule has 1 atom stereocenters. The van der Waals surface area contributed by atoms with E-state index in [0.717, 1.165) is 55.6 Å². The molecule has 6 nitrogen and oxygen atoms in total. The van der Waals surface area contributed by atoms with E-state index in [2.05, 4.69) is 31.9 Å². The Balaban J connectivity index is 1.58. The third kappa shape index (κ3) is 5.91. The van der Waals surface area contributed by atoms with Crippen LogP contribution in [0.3, 0.4) is 0 Å². The van der Waals surface area contributed by atoms with Crippen LogP contribution in [0, 0.1) is 0 Å². The zero-order valence-electron chi connectivity index (χ0n) is 16.8. The Labute approximate surface area is 171 Å². The van der Waals surface area contributed by atoms with E-state index in [-0.39, 0.29) is 6.61 Å². The van der Waals surface area contributed by atoms with E-state index in [9.17, 15) is 5.11 Å². The molecule has 0 spiro atoms. The zero-order chi connectivity index (χ0) is 19.8. The van der Waals surface area contributed by atoms with Gasteiger partial charge in [0.25, 0.3) is 0 Å². The number of hydrogen-bond acceptors (Lipinski definition) is 7. The quantitative estimate of drug-likeness (QED) is 0.511. The third-order valence-corrected chi connectivity index (χ3v) is 5.62. The number of nitrogens with zero attached hydrogens (tertiary/aromatic N) is 4. The number of thioether (sulfide) groups is 1. The predicted molar refractivity (Wildman–Crippen MR) is 113 cm³/mol. The van der Waals surface area contributed by atoms with E-state index in [1.165, 1.54) is 5.56 Å². The molecular weight excluding hydrogens is 372 g/mol. The van der Waals surface area contributed by atoms with E-state index in [1.54, 1.807) is 11.8 Å². The molecule has 1 aromatic carbocycles. The van der Waals surface area contributed by atoms with Crippen molar-refractivity contribution in [2.75, 3.05) is 39.1 Å². The lowest BCUT2D eigenvalue weighted by atomic mass is 10.1. The normalized spacial score (nSPS) is 18.3. The lowest BCUT2D eigenvalue weighted by Crippen LogP contribution is -2.52. The van der Waals surface area contributed by atoms with E-state index in [4.69, 9.17) is 4.74 Å². The number of aliphatic hydroxyl groups is 1. The van der Waals surface area contributed by atoms with Crippen LogP contribution in [0.15, 0.2) is 41.8 Å². The van der Waals surface area contributed by atoms with Gasteiger partial charge in [-0.2, -0.15) is 0 Å². The van der Waals surface area contributed by atoms with Gasteiger partial charge < -0.3 is 9.84 Å². The molecule has 3 rings (SSSR count). The molecule has 0 bridgehead atoms. The van der Waals surface area contributed by atoms with Gasteiger partial charge in [0, 0.05) is 63.3 Å². The molecule has 2 heterocycles. The van der Waals surface area contributed by atoms with E-state index in [0.29, 0.717) is 12.6 Å². The van der Waals surface area contributed by atoms with Crippen LogP contribution in [-0.4, -0.2) is 70.0 Å². The number of aromatic nitrogens is 2. The van der Waals surface area contributed by atoms with Crippen LogP contribution in [0.1, 0.15) is 24.5 Å². The van der Waals surface area contributed by atoms with Crippen LogP contribution in [-0.2, 0) is 13.1 Å². The van der Waals surface area contributed by atoms with Crippen LogP contribution < -0.4 is 4.74 Å². The maximum Gasteiger partial charge on any atom is 0.187 e. The number of ether oxygens (including phenoxy) is 1. The maximum atomic E-state index is 9.55. The summed E-state index contributed by atoms with van der Waals surface area (Å²) in [5, 5.41) is 10.4. The third-order valence-electron chi connectivity index (χ3n) is 5.04. The molecular formula is C21H30N4O2S. The van der Waals surface area contributed by atoms with Gasteiger partial charge in [0.15, 0.2) is 5.16 Å². The Hall–Kier alpha value is -1.67. The van der Waals surface area contributed by atoms with E-state index < -0.39 is 0 Å². The second-order valence-electron chi connectivity index (χ2n) is 7.03. The van der Waals surface area contributed by atoms with Crippen LogP contribution in [0.2, 0.25) is 0 Å². The van der Waals surface area contributed by atoms with Crippen molar-refractivity contribution in [1.82, 2.24) is 19.8 Å². The Morgan fingerprint density at radius 2 is 1.86 bits per heavy atom. The van der Waals surface area contributed by atoms with Gasteiger partial charge in [0.05, 0.1) is 6.61 Å². The molecule has 152 valence electrons. The van der Waals surface area contributed by atoms with Crippen molar-refractivity contribution in [1.29, 1.82) is 0 Å². The van der Waals surface area contributed by atoms with E-state index >= 15 is 0 Å². The summed E-state index contributed by atoms with van der Waals surface area (Å²) in [4.78, 5) is 13.7. The summed E-state index contributed by atoms with van der Waals surface area (Å²) in [6.45, 7) is 7.58. The Kier molecular flexibility index (Phi) is 8.09. The largest absolute Gasteiger partial charge is 0.494 e. The molecule has 1 fully saturated rings. The molecule has 0 amide bonds. The van der Waals surface area contributed by atoms with Crippen molar-refractivity contribution < 1.29 is 9.84 Å². The molecule has 0 radical (unpaired) electrons. The lowest BCUT2D eigenvalue weighted by molar-refractivity contribution is 0.0498. The SMILES string of the molecule is CCOc1ccc(CN2CCN(Cc3cnc(SC)nc3)C[C@@H]2CCO)cc1. The first-order valence-corrected chi connectivity index (χ1v) is 11.1. The predicted octanol–water partition coefficient (Wildman–Crippen LogP) is 2.67. The minimum atomic E-state index is 0.212. The number of piperazine rings is 1. The van der Waals surface area contributed by atoms with Crippen LogP contribution in [0.5, 0.6) is 5.75 Å². The monoisotopic (exact) mass is 402 g/mol. The lowest BCUT2D eigenvalue weighted by Gasteiger charge is -2.41. The smallest absolute Gasteiger partial charge is 0.187 e. The molecule has 28 heavy (non-hydrogen) atoms. The van der Waals surface area contributed by atoms with Crippen LogP contribution in [0.4, 0.5) is 0 Å². The molecule has 1 N–H and O–H groups in total. The highest BCUT2D eigenvalue weighted by Crippen LogP contribution is 2.20. The summed E-state index contributed by atoms with van der Waals surface area (Å²) in [5.41, 5.74) is 2.42. The Bertz CT molecular complexity index is 711. The van der Waals surface area contributed by atoms with Crippen molar-refractivity contribution in [3.8, 4) is 5.75 Å². The average Bonchev–Trinajstić information content (AvgIpc) is 2.72. The summed E-state index contributed by atoms with van der Waals surface area (Å²) in [7, 11) is 0. The van der Waals surface area contributed by atoms with Gasteiger partial charge in [-0.05, 0) is 37.3 Å². The van der Waals surface area contributed by atoms with Crippen molar-refractivity contribution in [2.45, 2.75) is 37.6 Å². The number of rotatable bonds is 9. The summed E-state index contributed by atoms with van der Waals surface area (Å²) in [6.07, 6.45) is 6.62. The van der Waals surface area contributed by atoms with Crippen LogP contribution in [0.25, 0.3) is 0 Å². The minimum Gasteiger partial charge on any atom is -0.494 e. The molecule has 1 aliphatic heterocycles. The van der Waals surface area contributed by atoms with E-state index in [1.807, 2.05) is 37.7 Å². The maximum absolute atomic E-state index is 9.55. The number of hydrogen-bond donors (Lipinski definition) is 1. The summed E-state index contributed by atoms with van der Waals surface area (Å²) in [5.74, 6) is 0.915. The molecule has 7 heteroatoms. The van der Waals surface area contributed by atoms with Crippen molar-refractivity contribution >= 4 is 11.8 Å². The average molecular weight is 403 g/mol. The molecule has 2 aromatic rings. The topological polar surface area (TPSA) is 61.7 Å². The number of aliphatic hydroxyl groups excluding tert-OH is 1. The highest BCUT2D eigenvalue weighted by atomic mass is 32.2. The summed E-state index contributed by atoms with van der Waals surface area (Å²) >= 11 is 1.56. The second kappa shape index (κ2) is 10.8. The summed E-state index contributed by atoms with van der Waals surface area (Å²) in [6, 6.07) is 8.69. The van der Waals surface area contributed by atoms with Gasteiger partial charge in [0.1, 0.15) is 5.75 Å². The van der Waals surface area contributed by atoms with Crippen molar-refractivity contribution in [3.05, 3.63) is 47.8 Å². The highest BCUT2D eigenvalue weighted by molar-refractivity contribution is 7.98. The van der Waals surface area contributed by atoms with Crippen molar-refractivity contribution in [2.24, 2.45) is 0 Å². The Morgan fingerprint density at radius 1 is 1.11 bits per heavy atom. The molecule has 0 aliphatic carbocycles. The molecule has 1 saturated heterocycles. The molecule has 0 saturated carbocycles. The number of benzene rings is 1. The first-order valence-electron chi connectivity index (χ1n) is 9.85. The Morgan fingerprint density at radius 3 is 2.50 bits per heavy atom. The highest BCUT2D eigenvalue weighted by Gasteiger charge is 2.26. The summed E-state index contributed by atoms with van der Waals surface area (Å²) < 4.78 is 5.53. The fraction of sp³-hybridized carbons (Fsp3) is 0.524. The second-order valence-corrected chi connectivity index (χ2v) is 7.80. The van der Waals surface area contributed by atoms with Crippen molar-refractivity contribution in [3.63, 3.8) is 0 Å². The molecule has 1 aromatic heterocycles. The molecule has 1 aliphatic rings. The van der Waals surface area contributed by atoms with Gasteiger partial charge in [0.2, 0.25) is 0 Å². The first kappa shape index (κ1) is 21.0. The van der Waals surface area contributed by atoms with Gasteiger partial charge in [-0.3, -0.25) is 9.80 Å². The van der Waals surface area contributed by atoms with Gasteiger partial charge in [-0.25, -0.2) is 9.97 Å². The van der Waals surface area contributed by atoms with Gasteiger partial charge >= 0.3 is 0 Å². The fourth-order valence-corrected chi connectivity index (χ4v) is 3.93. The zero-order valence-corrected chi connectivity index (χ0v) is 17.6. The minimum absolute atomic E-state index is 0.212. The first-order chi connectivity index (χ1) is 13.7. The van der Waals surface area contributed by atoms with Crippen LogP contribution >= 0.6 is 11.8 Å². The standard InChI is InChI=1S/C21H30N4O2S/c1-3-27-20-6-4-17(5-7-20)15-25-10-9-24(16-19(25)8-11-26)14-18-12-22-21(28-2)23-13-18/h4-7,12-13,19,26H,3,8-11,14-16H2,1-2H3/t19-/m0/s1. The fourth-order valence-electron chi connectivity index (χ4n) is 3.61. The van der Waals surface area contributed by atoms with Gasteiger partial charge in [-0.15, -0.1) is 0 Å².